The van der Waals surface area contributed by atoms with Crippen LogP contribution in [0.3, 0.4) is 0 Å². The molecule has 1 N–H and O–H groups in total. The number of thiophene rings is 1. The van der Waals surface area contributed by atoms with E-state index in [0.717, 1.165) is 0 Å². The van der Waals surface area contributed by atoms with Gasteiger partial charge in [-0.1, -0.05) is 24.3 Å². The largest absolute Gasteiger partial charge is 0.350 e. The van der Waals surface area contributed by atoms with Crippen LogP contribution in [0.15, 0.2) is 66.3 Å². The van der Waals surface area contributed by atoms with Crippen LogP contribution >= 0.6 is 11.3 Å². The lowest BCUT2D eigenvalue weighted by Gasteiger charge is -2.17. The Bertz CT molecular complexity index is 643. The summed E-state index contributed by atoms with van der Waals surface area (Å²) in [6.07, 6.45) is 3.67. The predicted molar refractivity (Wildman–Crippen MR) is 83.5 cm³/mol. The third-order valence-electron chi connectivity index (χ3n) is 3.21. The number of aromatic nitrogens is 2. The molecule has 0 aliphatic heterocycles. The van der Waals surface area contributed by atoms with Crippen LogP contribution in [0.4, 0.5) is 0 Å². The van der Waals surface area contributed by atoms with Gasteiger partial charge in [0.2, 0.25) is 0 Å². The second kappa shape index (κ2) is 6.37. The zero-order chi connectivity index (χ0) is 14.5. The number of carbonyl (C=O) groups is 1. The minimum absolute atomic E-state index is 0.0210. The Kier molecular flexibility index (Phi) is 4.12. The Morgan fingerprint density at radius 1 is 1.19 bits per heavy atom. The second-order valence-corrected chi connectivity index (χ2v) is 5.57. The van der Waals surface area contributed by atoms with Crippen LogP contribution in [-0.2, 0) is 0 Å². The van der Waals surface area contributed by atoms with E-state index in [4.69, 9.17) is 0 Å². The van der Waals surface area contributed by atoms with Crippen LogP contribution in [0.5, 0.6) is 0 Å². The lowest BCUT2D eigenvalue weighted by Crippen LogP contribution is -2.31. The minimum atomic E-state index is -0.0655. The van der Waals surface area contributed by atoms with Crippen molar-refractivity contribution in [2.24, 2.45) is 0 Å². The summed E-state index contributed by atoms with van der Waals surface area (Å²) in [6, 6.07) is 15.2. The predicted octanol–water partition coefficient (Wildman–Crippen LogP) is 2.96. The summed E-state index contributed by atoms with van der Waals surface area (Å²) in [4.78, 5) is 13.3. The number of nitrogens with one attached hydrogen (secondary N) is 1. The zero-order valence-electron chi connectivity index (χ0n) is 11.3. The van der Waals surface area contributed by atoms with Gasteiger partial charge < -0.3 is 5.32 Å². The van der Waals surface area contributed by atoms with Gasteiger partial charge in [0.25, 0.3) is 5.91 Å². The SMILES string of the molecule is O=C(NC[C@@H](c1cccs1)n1cccn1)c1ccccc1. The summed E-state index contributed by atoms with van der Waals surface area (Å²) in [5.74, 6) is -0.0655. The van der Waals surface area contributed by atoms with E-state index in [1.807, 2.05) is 58.7 Å². The maximum absolute atomic E-state index is 12.2. The van der Waals surface area contributed by atoms with Crippen molar-refractivity contribution in [3.05, 3.63) is 76.7 Å². The quantitative estimate of drug-likeness (QED) is 0.787. The first-order valence-corrected chi connectivity index (χ1v) is 7.58. The van der Waals surface area contributed by atoms with Gasteiger partial charge in [0.15, 0.2) is 0 Å². The average molecular weight is 297 g/mol. The molecular weight excluding hydrogens is 282 g/mol. The second-order valence-electron chi connectivity index (χ2n) is 4.59. The molecule has 3 rings (SSSR count). The van der Waals surface area contributed by atoms with Gasteiger partial charge in [-0.2, -0.15) is 5.10 Å². The van der Waals surface area contributed by atoms with Gasteiger partial charge in [-0.15, -0.1) is 11.3 Å². The van der Waals surface area contributed by atoms with Crippen LogP contribution in [0.2, 0.25) is 0 Å². The fourth-order valence-electron chi connectivity index (χ4n) is 2.15. The highest BCUT2D eigenvalue weighted by atomic mass is 32.1. The molecular formula is C16H15N3OS. The van der Waals surface area contributed by atoms with E-state index in [9.17, 15) is 4.79 Å². The van der Waals surface area contributed by atoms with Gasteiger partial charge in [-0.3, -0.25) is 9.48 Å². The van der Waals surface area contributed by atoms with E-state index in [0.29, 0.717) is 12.1 Å². The number of benzene rings is 1. The summed E-state index contributed by atoms with van der Waals surface area (Å²) < 4.78 is 1.87. The summed E-state index contributed by atoms with van der Waals surface area (Å²) in [6.45, 7) is 0.510. The fourth-order valence-corrected chi connectivity index (χ4v) is 2.97. The lowest BCUT2D eigenvalue weighted by molar-refractivity contribution is 0.0949. The van der Waals surface area contributed by atoms with E-state index >= 15 is 0 Å². The van der Waals surface area contributed by atoms with E-state index in [1.165, 1.54) is 4.88 Å². The van der Waals surface area contributed by atoms with Crippen LogP contribution in [-0.4, -0.2) is 22.2 Å². The van der Waals surface area contributed by atoms with E-state index in [2.05, 4.69) is 16.5 Å². The van der Waals surface area contributed by atoms with Crippen LogP contribution in [0.25, 0.3) is 0 Å². The van der Waals surface area contributed by atoms with Gasteiger partial charge in [0.05, 0.1) is 0 Å². The van der Waals surface area contributed by atoms with Crippen LogP contribution in [0.1, 0.15) is 21.3 Å². The van der Waals surface area contributed by atoms with Gasteiger partial charge >= 0.3 is 0 Å². The van der Waals surface area contributed by atoms with E-state index < -0.39 is 0 Å². The van der Waals surface area contributed by atoms with E-state index in [-0.39, 0.29) is 11.9 Å². The Labute approximate surface area is 127 Å². The van der Waals surface area contributed by atoms with Crippen molar-refractivity contribution < 1.29 is 4.79 Å². The monoisotopic (exact) mass is 297 g/mol. The Morgan fingerprint density at radius 3 is 2.71 bits per heavy atom. The molecule has 106 valence electrons. The number of nitrogens with zero attached hydrogens (tertiary/aromatic N) is 2. The Morgan fingerprint density at radius 2 is 2.05 bits per heavy atom. The molecule has 2 aromatic heterocycles. The maximum atomic E-state index is 12.2. The highest BCUT2D eigenvalue weighted by Gasteiger charge is 2.16. The highest BCUT2D eigenvalue weighted by molar-refractivity contribution is 7.10. The molecule has 0 saturated carbocycles. The first kappa shape index (κ1) is 13.6. The summed E-state index contributed by atoms with van der Waals surface area (Å²) in [5.41, 5.74) is 0.669. The molecule has 21 heavy (non-hydrogen) atoms. The smallest absolute Gasteiger partial charge is 0.251 e. The van der Waals surface area contributed by atoms with Crippen molar-refractivity contribution in [1.82, 2.24) is 15.1 Å². The normalized spacial score (nSPS) is 12.0. The summed E-state index contributed by atoms with van der Waals surface area (Å²) in [5, 5.41) is 9.31. The first-order valence-electron chi connectivity index (χ1n) is 6.70. The molecule has 0 bridgehead atoms. The minimum Gasteiger partial charge on any atom is -0.350 e. The third-order valence-corrected chi connectivity index (χ3v) is 4.18. The lowest BCUT2D eigenvalue weighted by atomic mass is 10.2. The zero-order valence-corrected chi connectivity index (χ0v) is 12.2. The number of carbonyl (C=O) groups excluding carboxylic acids is 1. The molecule has 0 spiro atoms. The molecule has 2 heterocycles. The van der Waals surface area contributed by atoms with Crippen molar-refractivity contribution >= 4 is 17.2 Å². The molecule has 1 atom stereocenters. The first-order chi connectivity index (χ1) is 10.3. The van der Waals surface area contributed by atoms with E-state index in [1.54, 1.807) is 17.5 Å². The molecule has 0 aliphatic rings. The Hall–Kier alpha value is -2.40. The topological polar surface area (TPSA) is 46.9 Å². The molecule has 0 unspecified atom stereocenters. The highest BCUT2D eigenvalue weighted by Crippen LogP contribution is 2.21. The van der Waals surface area contributed by atoms with Gasteiger partial charge in [-0.05, 0) is 29.6 Å². The van der Waals surface area contributed by atoms with Crippen LogP contribution < -0.4 is 5.32 Å². The summed E-state index contributed by atoms with van der Waals surface area (Å²) >= 11 is 1.66. The van der Waals surface area contributed by atoms with Crippen molar-refractivity contribution in [2.45, 2.75) is 6.04 Å². The Balaban J connectivity index is 1.73. The van der Waals surface area contributed by atoms with Crippen molar-refractivity contribution in [1.29, 1.82) is 0 Å². The number of hydrogen-bond donors (Lipinski definition) is 1. The van der Waals surface area contributed by atoms with Crippen molar-refractivity contribution in [3.63, 3.8) is 0 Å². The molecule has 3 aromatic rings. The standard InChI is InChI=1S/C16H15N3OS/c20-16(13-6-2-1-3-7-13)17-12-14(15-8-4-11-21-15)19-10-5-9-18-19/h1-11,14H,12H2,(H,17,20)/t14-/m0/s1. The van der Waals surface area contributed by atoms with Crippen molar-refractivity contribution in [3.8, 4) is 0 Å². The molecule has 5 heteroatoms. The molecule has 0 radical (unpaired) electrons. The number of hydrogen-bond acceptors (Lipinski definition) is 3. The number of amides is 1. The molecule has 1 amide bonds. The maximum Gasteiger partial charge on any atom is 0.251 e. The van der Waals surface area contributed by atoms with Gasteiger partial charge in [0, 0.05) is 29.4 Å². The van der Waals surface area contributed by atoms with Gasteiger partial charge in [0.1, 0.15) is 6.04 Å². The molecule has 4 nitrogen and oxygen atoms in total. The third kappa shape index (κ3) is 3.20. The van der Waals surface area contributed by atoms with Crippen LogP contribution in [0, 0.1) is 0 Å². The molecule has 0 aliphatic carbocycles. The molecule has 0 fully saturated rings. The molecule has 0 saturated heterocycles. The van der Waals surface area contributed by atoms with Crippen molar-refractivity contribution in [2.75, 3.05) is 6.54 Å². The number of rotatable bonds is 5. The average Bonchev–Trinajstić information content (AvgIpc) is 3.22. The molecule has 1 aromatic carbocycles. The summed E-state index contributed by atoms with van der Waals surface area (Å²) in [7, 11) is 0. The fraction of sp³-hybridized carbons (Fsp3) is 0.125. The van der Waals surface area contributed by atoms with Gasteiger partial charge in [-0.25, -0.2) is 0 Å².